The van der Waals surface area contributed by atoms with E-state index in [9.17, 15) is 4.79 Å². The molecule has 5 heteroatoms. The number of nitrogens with one attached hydrogen (secondary N) is 1. The number of carbonyl (C=O) groups is 1. The maximum absolute atomic E-state index is 12.8. The molecule has 2 heterocycles. The second kappa shape index (κ2) is 8.13. The van der Waals surface area contributed by atoms with E-state index >= 15 is 0 Å². The van der Waals surface area contributed by atoms with Crippen LogP contribution in [-0.4, -0.2) is 36.7 Å². The fourth-order valence-corrected chi connectivity index (χ4v) is 4.01. The van der Waals surface area contributed by atoms with Gasteiger partial charge in [-0.3, -0.25) is 0 Å². The number of hydrogen-bond acceptors (Lipinski definition) is 3. The van der Waals surface area contributed by atoms with Crippen molar-refractivity contribution in [3.05, 3.63) is 58.7 Å². The SMILES string of the molecule is CC(C)N(Cc1ccccc1)C(=O)NCCc1c2c(cc3c1OCC3)OCC2. The van der Waals surface area contributed by atoms with Crippen LogP contribution in [0.25, 0.3) is 0 Å². The molecule has 0 fully saturated rings. The van der Waals surface area contributed by atoms with Gasteiger partial charge in [-0.05, 0) is 31.9 Å². The summed E-state index contributed by atoms with van der Waals surface area (Å²) >= 11 is 0. The van der Waals surface area contributed by atoms with Gasteiger partial charge in [0.25, 0.3) is 0 Å². The molecule has 2 aromatic carbocycles. The third-order valence-corrected chi connectivity index (χ3v) is 5.49. The van der Waals surface area contributed by atoms with E-state index in [1.807, 2.05) is 36.9 Å². The highest BCUT2D eigenvalue weighted by Crippen LogP contribution is 2.40. The maximum atomic E-state index is 12.8. The number of benzene rings is 2. The lowest BCUT2D eigenvalue weighted by Crippen LogP contribution is -2.44. The summed E-state index contributed by atoms with van der Waals surface area (Å²) in [6.45, 7) is 6.75. The second-order valence-electron chi connectivity index (χ2n) is 7.71. The van der Waals surface area contributed by atoms with Gasteiger partial charge in [0.1, 0.15) is 11.5 Å². The van der Waals surface area contributed by atoms with Crippen LogP contribution < -0.4 is 14.8 Å². The van der Waals surface area contributed by atoms with E-state index < -0.39 is 0 Å². The Morgan fingerprint density at radius 2 is 1.93 bits per heavy atom. The van der Waals surface area contributed by atoms with Gasteiger partial charge in [-0.2, -0.15) is 0 Å². The lowest BCUT2D eigenvalue weighted by molar-refractivity contribution is 0.180. The smallest absolute Gasteiger partial charge is 0.317 e. The van der Waals surface area contributed by atoms with Crippen LogP contribution in [0.15, 0.2) is 36.4 Å². The number of rotatable bonds is 6. The van der Waals surface area contributed by atoms with Crippen LogP contribution in [0, 0.1) is 0 Å². The quantitative estimate of drug-likeness (QED) is 0.831. The van der Waals surface area contributed by atoms with E-state index in [0.29, 0.717) is 13.1 Å². The number of urea groups is 1. The number of ether oxygens (including phenoxy) is 2. The molecule has 2 aliphatic heterocycles. The summed E-state index contributed by atoms with van der Waals surface area (Å²) < 4.78 is 11.7. The molecule has 0 saturated heterocycles. The van der Waals surface area contributed by atoms with Crippen molar-refractivity contribution in [3.8, 4) is 11.5 Å². The summed E-state index contributed by atoms with van der Waals surface area (Å²) in [6, 6.07) is 12.3. The summed E-state index contributed by atoms with van der Waals surface area (Å²) in [4.78, 5) is 14.7. The number of amides is 2. The zero-order chi connectivity index (χ0) is 19.5. The zero-order valence-electron chi connectivity index (χ0n) is 16.7. The van der Waals surface area contributed by atoms with Gasteiger partial charge in [-0.15, -0.1) is 0 Å². The lowest BCUT2D eigenvalue weighted by atomic mass is 9.97. The number of fused-ring (bicyclic) bond motifs is 2. The first-order chi connectivity index (χ1) is 13.6. The average molecular weight is 380 g/mol. The Labute approximate surface area is 166 Å². The molecule has 5 nitrogen and oxygen atoms in total. The molecule has 0 spiro atoms. The van der Waals surface area contributed by atoms with Crippen molar-refractivity contribution < 1.29 is 14.3 Å². The van der Waals surface area contributed by atoms with Crippen LogP contribution in [0.2, 0.25) is 0 Å². The molecule has 0 saturated carbocycles. The molecule has 2 aliphatic rings. The van der Waals surface area contributed by atoms with E-state index in [0.717, 1.165) is 49.5 Å². The summed E-state index contributed by atoms with van der Waals surface area (Å²) in [5.41, 5.74) is 4.83. The number of hydrogen-bond donors (Lipinski definition) is 1. The van der Waals surface area contributed by atoms with Crippen molar-refractivity contribution in [2.75, 3.05) is 19.8 Å². The van der Waals surface area contributed by atoms with Crippen LogP contribution >= 0.6 is 0 Å². The molecular formula is C23H28N2O3. The van der Waals surface area contributed by atoms with Crippen molar-refractivity contribution in [3.63, 3.8) is 0 Å². The predicted molar refractivity (Wildman–Crippen MR) is 109 cm³/mol. The molecule has 4 rings (SSSR count). The number of carbonyl (C=O) groups excluding carboxylic acids is 1. The van der Waals surface area contributed by atoms with Gasteiger partial charge in [-0.25, -0.2) is 4.79 Å². The fraction of sp³-hybridized carbons (Fsp3) is 0.435. The van der Waals surface area contributed by atoms with Crippen LogP contribution in [0.5, 0.6) is 11.5 Å². The van der Waals surface area contributed by atoms with E-state index in [2.05, 4.69) is 23.5 Å². The molecule has 0 unspecified atom stereocenters. The van der Waals surface area contributed by atoms with E-state index in [1.54, 1.807) is 0 Å². The third-order valence-electron chi connectivity index (χ3n) is 5.49. The highest BCUT2D eigenvalue weighted by Gasteiger charge is 2.26. The molecule has 1 N–H and O–H groups in total. The van der Waals surface area contributed by atoms with Gasteiger partial charge < -0.3 is 19.7 Å². The largest absolute Gasteiger partial charge is 0.493 e. The summed E-state index contributed by atoms with van der Waals surface area (Å²) in [5.74, 6) is 2.02. The van der Waals surface area contributed by atoms with Crippen molar-refractivity contribution in [1.29, 1.82) is 0 Å². The molecule has 2 amide bonds. The first-order valence-corrected chi connectivity index (χ1v) is 10.1. The monoisotopic (exact) mass is 380 g/mol. The van der Waals surface area contributed by atoms with Gasteiger partial charge in [0.05, 0.1) is 13.2 Å². The van der Waals surface area contributed by atoms with E-state index in [1.165, 1.54) is 16.7 Å². The van der Waals surface area contributed by atoms with Gasteiger partial charge in [0.2, 0.25) is 0 Å². The fourth-order valence-electron chi connectivity index (χ4n) is 4.01. The molecular weight excluding hydrogens is 352 g/mol. The Bertz CT molecular complexity index is 816. The molecule has 28 heavy (non-hydrogen) atoms. The summed E-state index contributed by atoms with van der Waals surface area (Å²) in [6.07, 6.45) is 2.61. The van der Waals surface area contributed by atoms with Crippen molar-refractivity contribution in [2.24, 2.45) is 0 Å². The Kier molecular flexibility index (Phi) is 5.42. The first-order valence-electron chi connectivity index (χ1n) is 10.1. The summed E-state index contributed by atoms with van der Waals surface area (Å²) in [5, 5.41) is 3.11. The van der Waals surface area contributed by atoms with Gasteiger partial charge in [-0.1, -0.05) is 30.3 Å². The maximum Gasteiger partial charge on any atom is 0.317 e. The van der Waals surface area contributed by atoms with Crippen molar-refractivity contribution >= 4 is 6.03 Å². The molecule has 0 radical (unpaired) electrons. The Morgan fingerprint density at radius 1 is 1.14 bits per heavy atom. The van der Waals surface area contributed by atoms with Gasteiger partial charge in [0.15, 0.2) is 0 Å². The van der Waals surface area contributed by atoms with Crippen LogP contribution in [0.1, 0.15) is 36.1 Å². The third kappa shape index (κ3) is 3.79. The van der Waals surface area contributed by atoms with Crippen LogP contribution in [0.4, 0.5) is 4.79 Å². The van der Waals surface area contributed by atoms with Crippen molar-refractivity contribution in [1.82, 2.24) is 10.2 Å². The van der Waals surface area contributed by atoms with Crippen LogP contribution in [-0.2, 0) is 25.8 Å². The van der Waals surface area contributed by atoms with Gasteiger partial charge >= 0.3 is 6.03 Å². The first kappa shape index (κ1) is 18.7. The van der Waals surface area contributed by atoms with Gasteiger partial charge in [0, 0.05) is 48.7 Å². The standard InChI is InChI=1S/C23H28N2O3/c1-16(2)25(15-17-6-4-3-5-7-17)23(26)24-11-8-20-19-10-13-27-21(19)14-18-9-12-28-22(18)20/h3-7,14,16H,8-13,15H2,1-2H3,(H,24,26). The minimum Gasteiger partial charge on any atom is -0.493 e. The highest BCUT2D eigenvalue weighted by atomic mass is 16.5. The lowest BCUT2D eigenvalue weighted by Gasteiger charge is -2.27. The molecule has 2 aromatic rings. The Hall–Kier alpha value is -2.69. The predicted octanol–water partition coefficient (Wildman–Crippen LogP) is 3.72. The summed E-state index contributed by atoms with van der Waals surface area (Å²) in [7, 11) is 0. The van der Waals surface area contributed by atoms with E-state index in [-0.39, 0.29) is 12.1 Å². The second-order valence-corrected chi connectivity index (χ2v) is 7.71. The Balaban J connectivity index is 1.41. The van der Waals surface area contributed by atoms with E-state index in [4.69, 9.17) is 9.47 Å². The minimum atomic E-state index is -0.0276. The molecule has 0 atom stereocenters. The minimum absolute atomic E-state index is 0.0276. The topological polar surface area (TPSA) is 50.8 Å². The van der Waals surface area contributed by atoms with Crippen molar-refractivity contribution in [2.45, 2.75) is 45.7 Å². The highest BCUT2D eigenvalue weighted by molar-refractivity contribution is 5.74. The molecule has 148 valence electrons. The molecule has 0 aromatic heterocycles. The van der Waals surface area contributed by atoms with Crippen LogP contribution in [0.3, 0.4) is 0 Å². The number of nitrogens with zero attached hydrogens (tertiary/aromatic N) is 1. The normalized spacial score (nSPS) is 14.2. The average Bonchev–Trinajstić information content (AvgIpc) is 3.35. The zero-order valence-corrected chi connectivity index (χ0v) is 16.7. The Morgan fingerprint density at radius 3 is 2.71 bits per heavy atom. The molecule has 0 bridgehead atoms. The molecule has 0 aliphatic carbocycles.